The average molecular weight is 467 g/mol. The fourth-order valence-electron chi connectivity index (χ4n) is 2.67. The quantitative estimate of drug-likeness (QED) is 0.562. The maximum Gasteiger partial charge on any atom is 0.264 e. The first-order chi connectivity index (χ1) is 14.2. The van der Waals surface area contributed by atoms with E-state index in [9.17, 15) is 17.6 Å². The first-order valence-corrected chi connectivity index (χ1v) is 10.9. The lowest BCUT2D eigenvalue weighted by atomic mass is 10.2. The molecule has 0 aliphatic carbocycles. The fourth-order valence-corrected chi connectivity index (χ4v) is 4.22. The Kier molecular flexibility index (Phi) is 6.65. The van der Waals surface area contributed by atoms with Crippen LogP contribution in [0.2, 0.25) is 10.0 Å². The Morgan fingerprint density at radius 1 is 1.00 bits per heavy atom. The minimum absolute atomic E-state index is 0.0270. The van der Waals surface area contributed by atoms with E-state index in [0.29, 0.717) is 5.02 Å². The number of rotatable bonds is 6. The molecular formula is C21H17Cl2FN2O3S. The lowest BCUT2D eigenvalue weighted by Crippen LogP contribution is -2.27. The fraction of sp³-hybridized carbons (Fsp3) is 0.0952. The highest BCUT2D eigenvalue weighted by Crippen LogP contribution is 2.26. The second kappa shape index (κ2) is 9.04. The highest BCUT2D eigenvalue weighted by molar-refractivity contribution is 7.92. The number of amides is 1. The molecule has 3 aromatic carbocycles. The van der Waals surface area contributed by atoms with Gasteiger partial charge in [-0.15, -0.1) is 0 Å². The molecule has 156 valence electrons. The van der Waals surface area contributed by atoms with Crippen LogP contribution in [0.15, 0.2) is 71.6 Å². The number of hydrogen-bond donors (Lipinski definition) is 1. The van der Waals surface area contributed by atoms with Gasteiger partial charge in [-0.2, -0.15) is 0 Å². The van der Waals surface area contributed by atoms with Gasteiger partial charge in [-0.3, -0.25) is 9.10 Å². The number of halogens is 3. The maximum absolute atomic E-state index is 13.1. The molecule has 30 heavy (non-hydrogen) atoms. The monoisotopic (exact) mass is 466 g/mol. The largest absolute Gasteiger partial charge is 0.348 e. The lowest BCUT2D eigenvalue weighted by Gasteiger charge is -2.20. The summed E-state index contributed by atoms with van der Waals surface area (Å²) < 4.78 is 40.1. The molecule has 0 aliphatic heterocycles. The first kappa shape index (κ1) is 22.1. The van der Waals surface area contributed by atoms with Crippen molar-refractivity contribution in [2.75, 3.05) is 11.4 Å². The molecule has 0 unspecified atom stereocenters. The molecule has 0 aliphatic rings. The van der Waals surface area contributed by atoms with Crippen molar-refractivity contribution in [3.05, 3.63) is 93.7 Å². The van der Waals surface area contributed by atoms with Gasteiger partial charge in [0.1, 0.15) is 5.82 Å². The molecule has 9 heteroatoms. The number of hydrogen-bond acceptors (Lipinski definition) is 3. The van der Waals surface area contributed by atoms with Crippen LogP contribution in [0.1, 0.15) is 15.9 Å². The normalized spacial score (nSPS) is 11.2. The predicted octanol–water partition coefficient (Wildman–Crippen LogP) is 4.89. The van der Waals surface area contributed by atoms with Crippen LogP contribution in [0, 0.1) is 5.82 Å². The zero-order chi connectivity index (χ0) is 21.9. The van der Waals surface area contributed by atoms with Crippen LogP contribution < -0.4 is 9.62 Å². The number of sulfonamides is 1. The van der Waals surface area contributed by atoms with Gasteiger partial charge in [-0.25, -0.2) is 12.8 Å². The van der Waals surface area contributed by atoms with E-state index < -0.39 is 21.7 Å². The highest BCUT2D eigenvalue weighted by atomic mass is 35.5. The molecule has 0 radical (unpaired) electrons. The van der Waals surface area contributed by atoms with E-state index in [1.54, 1.807) is 24.3 Å². The Hall–Kier alpha value is -2.61. The van der Waals surface area contributed by atoms with Crippen molar-refractivity contribution in [3.8, 4) is 0 Å². The molecule has 3 aromatic rings. The molecule has 0 spiro atoms. The average Bonchev–Trinajstić information content (AvgIpc) is 2.73. The molecule has 1 N–H and O–H groups in total. The molecule has 0 bridgehead atoms. The van der Waals surface area contributed by atoms with Gasteiger partial charge < -0.3 is 5.32 Å². The molecular weight excluding hydrogens is 450 g/mol. The molecule has 3 rings (SSSR count). The zero-order valence-corrected chi connectivity index (χ0v) is 18.1. The number of nitrogens with zero attached hydrogens (tertiary/aromatic N) is 1. The molecule has 1 amide bonds. The van der Waals surface area contributed by atoms with Gasteiger partial charge >= 0.3 is 0 Å². The zero-order valence-electron chi connectivity index (χ0n) is 15.8. The summed E-state index contributed by atoms with van der Waals surface area (Å²) in [4.78, 5) is 12.5. The Balaban J connectivity index is 1.83. The van der Waals surface area contributed by atoms with Gasteiger partial charge in [-0.1, -0.05) is 35.3 Å². The van der Waals surface area contributed by atoms with Gasteiger partial charge in [0, 0.05) is 18.6 Å². The van der Waals surface area contributed by atoms with Gasteiger partial charge in [-0.05, 0) is 60.2 Å². The first-order valence-electron chi connectivity index (χ1n) is 8.75. The smallest absolute Gasteiger partial charge is 0.264 e. The molecule has 0 saturated heterocycles. The third kappa shape index (κ3) is 4.92. The van der Waals surface area contributed by atoms with Crippen molar-refractivity contribution in [2.24, 2.45) is 0 Å². The number of anilines is 1. The number of benzene rings is 3. The Morgan fingerprint density at radius 2 is 1.63 bits per heavy atom. The standard InChI is InChI=1S/C21H17Cl2FN2O3S/c1-26(17-8-6-16(24)7-9-17)30(28,29)18-10-11-20(23)19(12-18)21(27)25-13-14-2-4-15(22)5-3-14/h2-12H,13H2,1H3,(H,25,27). The van der Waals surface area contributed by atoms with Crippen LogP contribution in [0.3, 0.4) is 0 Å². The molecule has 0 saturated carbocycles. The van der Waals surface area contributed by atoms with Crippen LogP contribution in [0.4, 0.5) is 10.1 Å². The van der Waals surface area contributed by atoms with Crippen molar-refractivity contribution in [3.63, 3.8) is 0 Å². The SMILES string of the molecule is CN(c1ccc(F)cc1)S(=O)(=O)c1ccc(Cl)c(C(=O)NCc2ccc(Cl)cc2)c1. The number of carbonyl (C=O) groups is 1. The molecule has 0 atom stereocenters. The Labute approximate surface area is 184 Å². The van der Waals surface area contributed by atoms with Gasteiger partial charge in [0.2, 0.25) is 0 Å². The van der Waals surface area contributed by atoms with E-state index in [1.807, 2.05) is 0 Å². The van der Waals surface area contributed by atoms with Crippen LogP contribution in [-0.4, -0.2) is 21.4 Å². The van der Waals surface area contributed by atoms with Crippen molar-refractivity contribution >= 4 is 44.8 Å². The van der Waals surface area contributed by atoms with E-state index in [-0.39, 0.29) is 27.7 Å². The highest BCUT2D eigenvalue weighted by Gasteiger charge is 2.24. The lowest BCUT2D eigenvalue weighted by molar-refractivity contribution is 0.0951. The second-order valence-corrected chi connectivity index (χ2v) is 9.21. The molecule has 0 fully saturated rings. The van der Waals surface area contributed by atoms with E-state index in [2.05, 4.69) is 5.32 Å². The van der Waals surface area contributed by atoms with Gasteiger partial charge in [0.25, 0.3) is 15.9 Å². The number of nitrogens with one attached hydrogen (secondary N) is 1. The summed E-state index contributed by atoms with van der Waals surface area (Å²) in [5.41, 5.74) is 1.13. The van der Waals surface area contributed by atoms with Crippen LogP contribution in [0.25, 0.3) is 0 Å². The van der Waals surface area contributed by atoms with Crippen molar-refractivity contribution in [2.45, 2.75) is 11.4 Å². The topological polar surface area (TPSA) is 66.5 Å². The van der Waals surface area contributed by atoms with E-state index in [1.165, 1.54) is 49.5 Å². The molecule has 0 aromatic heterocycles. The van der Waals surface area contributed by atoms with Gasteiger partial charge in [0.05, 0.1) is 21.2 Å². The van der Waals surface area contributed by atoms with Crippen molar-refractivity contribution < 1.29 is 17.6 Å². The van der Waals surface area contributed by atoms with Crippen LogP contribution >= 0.6 is 23.2 Å². The summed E-state index contributed by atoms with van der Waals surface area (Å²) in [6, 6.07) is 15.9. The minimum atomic E-state index is -3.99. The summed E-state index contributed by atoms with van der Waals surface area (Å²) in [5.74, 6) is -0.993. The Morgan fingerprint density at radius 3 is 2.27 bits per heavy atom. The Bertz CT molecular complexity index is 1170. The van der Waals surface area contributed by atoms with Gasteiger partial charge in [0.15, 0.2) is 0 Å². The predicted molar refractivity (Wildman–Crippen MR) is 116 cm³/mol. The maximum atomic E-state index is 13.1. The summed E-state index contributed by atoms with van der Waals surface area (Å²) in [5, 5.41) is 3.40. The third-order valence-corrected chi connectivity index (χ3v) is 6.76. The van der Waals surface area contributed by atoms with E-state index in [4.69, 9.17) is 23.2 Å². The summed E-state index contributed by atoms with van der Waals surface area (Å²) in [7, 11) is -2.65. The second-order valence-electron chi connectivity index (χ2n) is 6.40. The molecule has 0 heterocycles. The van der Waals surface area contributed by atoms with Crippen LogP contribution in [0.5, 0.6) is 0 Å². The van der Waals surface area contributed by atoms with E-state index in [0.717, 1.165) is 9.87 Å². The molecule has 5 nitrogen and oxygen atoms in total. The third-order valence-electron chi connectivity index (χ3n) is 4.40. The summed E-state index contributed by atoms with van der Waals surface area (Å²) in [6.45, 7) is 0.221. The minimum Gasteiger partial charge on any atom is -0.348 e. The van der Waals surface area contributed by atoms with Crippen LogP contribution in [-0.2, 0) is 16.6 Å². The number of carbonyl (C=O) groups excluding carboxylic acids is 1. The summed E-state index contributed by atoms with van der Waals surface area (Å²) >= 11 is 12.0. The summed E-state index contributed by atoms with van der Waals surface area (Å²) in [6.07, 6.45) is 0. The van der Waals surface area contributed by atoms with Crippen molar-refractivity contribution in [1.29, 1.82) is 0 Å². The van der Waals surface area contributed by atoms with Crippen molar-refractivity contribution in [1.82, 2.24) is 5.32 Å². The van der Waals surface area contributed by atoms with E-state index >= 15 is 0 Å².